The van der Waals surface area contributed by atoms with Crippen LogP contribution in [0, 0.1) is 0 Å². The van der Waals surface area contributed by atoms with Crippen LogP contribution in [-0.2, 0) is 5.41 Å². The van der Waals surface area contributed by atoms with Gasteiger partial charge in [0.2, 0.25) is 0 Å². The van der Waals surface area contributed by atoms with Crippen molar-refractivity contribution in [2.45, 2.75) is 32.6 Å². The molecule has 4 heteroatoms. The zero-order valence-electron chi connectivity index (χ0n) is 6.55. The molecule has 0 radical (unpaired) electrons. The Bertz CT molecular complexity index is 194. The molecule has 0 bridgehead atoms. The summed E-state index contributed by atoms with van der Waals surface area (Å²) in [5.41, 5.74) is 0.0486. The van der Waals surface area contributed by atoms with Crippen LogP contribution in [0.1, 0.15) is 34.4 Å². The maximum Gasteiger partial charge on any atom is 0.180 e. The van der Waals surface area contributed by atoms with Gasteiger partial charge in [0, 0.05) is 6.84 Å². The number of nitrogens with zero attached hydrogens (tertiary/aromatic N) is 3. The second-order valence-electron chi connectivity index (χ2n) is 2.97. The third-order valence-corrected chi connectivity index (χ3v) is 1.83. The quantitative estimate of drug-likeness (QED) is 0.673. The monoisotopic (exact) mass is 142 g/mol. The zero-order chi connectivity index (χ0) is 7.61. The van der Waals surface area contributed by atoms with Gasteiger partial charge in [-0.1, -0.05) is 26.0 Å². The van der Waals surface area contributed by atoms with Gasteiger partial charge in [0.05, 0.1) is 0 Å². The lowest BCUT2D eigenvalue weighted by Gasteiger charge is -2.16. The van der Waals surface area contributed by atoms with Crippen LogP contribution in [0.25, 0.3) is 0 Å². The van der Waals surface area contributed by atoms with Crippen LogP contribution < -0.4 is 0 Å². The molecule has 1 rings (SSSR count). The predicted octanol–water partition coefficient (Wildman–Crippen LogP) is 1.13. The molecule has 0 aliphatic rings. The Balaban J connectivity index is 0.000001000. The first-order chi connectivity index (χ1) is 4.67. The molecule has 0 aromatic carbocycles. The fourth-order valence-corrected chi connectivity index (χ4v) is 0.607. The fourth-order valence-electron chi connectivity index (χ4n) is 0.607. The molecule has 0 aliphatic heterocycles. The topological polar surface area (TPSA) is 54.5 Å². The van der Waals surface area contributed by atoms with Gasteiger partial charge in [-0.15, -0.1) is 10.2 Å². The summed E-state index contributed by atoms with van der Waals surface area (Å²) in [6.45, 7) is 6.30. The standard InChI is InChI=1S/C6H12N4.H2/c1-4-6(2,3)5-7-9-10-8-5;/h4H2,1-3H3,(H,7,8,9,10);1H. The summed E-state index contributed by atoms with van der Waals surface area (Å²) < 4.78 is 0. The Morgan fingerprint density at radius 2 is 2.30 bits per heavy atom. The van der Waals surface area contributed by atoms with Crippen molar-refractivity contribution in [3.63, 3.8) is 0 Å². The van der Waals surface area contributed by atoms with E-state index in [4.69, 9.17) is 0 Å². The summed E-state index contributed by atoms with van der Waals surface area (Å²) in [6.07, 6.45) is 1.02. The minimum Gasteiger partial charge on any atom is -0.177 e. The molecule has 0 saturated carbocycles. The minimum atomic E-state index is 0. The highest BCUT2D eigenvalue weighted by Crippen LogP contribution is 2.21. The number of tetrazole rings is 1. The molecule has 10 heavy (non-hydrogen) atoms. The summed E-state index contributed by atoms with van der Waals surface area (Å²) in [6, 6.07) is 0. The summed E-state index contributed by atoms with van der Waals surface area (Å²) in [4.78, 5) is 0. The average molecular weight is 142 g/mol. The molecule has 0 aliphatic carbocycles. The Morgan fingerprint density at radius 1 is 1.60 bits per heavy atom. The highest BCUT2D eigenvalue weighted by molar-refractivity contribution is 4.97. The summed E-state index contributed by atoms with van der Waals surface area (Å²) >= 11 is 0. The van der Waals surface area contributed by atoms with Crippen molar-refractivity contribution in [2.75, 3.05) is 0 Å². The van der Waals surface area contributed by atoms with Crippen LogP contribution in [0.2, 0.25) is 0 Å². The first-order valence-electron chi connectivity index (χ1n) is 3.41. The maximum atomic E-state index is 3.91. The van der Waals surface area contributed by atoms with Gasteiger partial charge in [0.25, 0.3) is 0 Å². The van der Waals surface area contributed by atoms with Gasteiger partial charge < -0.3 is 0 Å². The van der Waals surface area contributed by atoms with Crippen molar-refractivity contribution in [1.29, 1.82) is 0 Å². The Kier molecular flexibility index (Phi) is 1.70. The van der Waals surface area contributed by atoms with Crippen molar-refractivity contribution in [2.24, 2.45) is 0 Å². The number of aromatic amines is 1. The molecule has 0 unspecified atom stereocenters. The van der Waals surface area contributed by atoms with E-state index in [1.54, 1.807) is 0 Å². The molecule has 1 N–H and O–H groups in total. The molecule has 1 aromatic rings. The summed E-state index contributed by atoms with van der Waals surface area (Å²) in [5.74, 6) is 0.787. The van der Waals surface area contributed by atoms with Crippen LogP contribution in [0.3, 0.4) is 0 Å². The molecule has 0 amide bonds. The van der Waals surface area contributed by atoms with Crippen molar-refractivity contribution < 1.29 is 1.43 Å². The molecule has 0 saturated heterocycles. The lowest BCUT2D eigenvalue weighted by molar-refractivity contribution is 0.473. The highest BCUT2D eigenvalue weighted by Gasteiger charge is 2.22. The van der Waals surface area contributed by atoms with Crippen LogP contribution in [0.4, 0.5) is 0 Å². The molecule has 4 nitrogen and oxygen atoms in total. The lowest BCUT2D eigenvalue weighted by atomic mass is 9.90. The van der Waals surface area contributed by atoms with E-state index in [2.05, 4.69) is 41.4 Å². The molecule has 1 heterocycles. The van der Waals surface area contributed by atoms with E-state index >= 15 is 0 Å². The van der Waals surface area contributed by atoms with Crippen molar-refractivity contribution in [1.82, 2.24) is 20.6 Å². The Labute approximate surface area is 61.5 Å². The van der Waals surface area contributed by atoms with Gasteiger partial charge in [0.15, 0.2) is 5.82 Å². The van der Waals surface area contributed by atoms with Crippen molar-refractivity contribution in [3.05, 3.63) is 5.82 Å². The summed E-state index contributed by atoms with van der Waals surface area (Å²) in [7, 11) is 0. The third kappa shape index (κ3) is 1.15. The maximum absolute atomic E-state index is 3.91. The molecule has 1 aromatic heterocycles. The summed E-state index contributed by atoms with van der Waals surface area (Å²) in [5, 5.41) is 13.8. The second kappa shape index (κ2) is 2.36. The Hall–Kier alpha value is -0.930. The van der Waals surface area contributed by atoms with Gasteiger partial charge >= 0.3 is 0 Å². The van der Waals surface area contributed by atoms with Gasteiger partial charge in [-0.05, 0) is 6.42 Å². The van der Waals surface area contributed by atoms with Crippen LogP contribution in [0.5, 0.6) is 0 Å². The van der Waals surface area contributed by atoms with E-state index in [0.717, 1.165) is 12.2 Å². The van der Waals surface area contributed by atoms with Crippen molar-refractivity contribution >= 4 is 0 Å². The van der Waals surface area contributed by atoms with E-state index in [1.165, 1.54) is 0 Å². The number of aromatic nitrogens is 4. The highest BCUT2D eigenvalue weighted by atomic mass is 15.5. The lowest BCUT2D eigenvalue weighted by Crippen LogP contribution is -2.17. The molecule has 0 atom stereocenters. The predicted molar refractivity (Wildman–Crippen MR) is 39.6 cm³/mol. The van der Waals surface area contributed by atoms with E-state index in [-0.39, 0.29) is 6.84 Å². The number of hydrogen-bond acceptors (Lipinski definition) is 3. The van der Waals surface area contributed by atoms with Crippen LogP contribution in [-0.4, -0.2) is 20.6 Å². The normalized spacial score (nSPS) is 11.9. The van der Waals surface area contributed by atoms with E-state index < -0.39 is 0 Å². The number of rotatable bonds is 2. The van der Waals surface area contributed by atoms with Gasteiger partial charge in [-0.3, -0.25) is 0 Å². The third-order valence-electron chi connectivity index (χ3n) is 1.83. The second-order valence-corrected chi connectivity index (χ2v) is 2.97. The van der Waals surface area contributed by atoms with Gasteiger partial charge in [-0.25, -0.2) is 0 Å². The molecular formula is C6H14N4. The number of nitrogens with one attached hydrogen (secondary N) is 1. The average Bonchev–Trinajstić information content (AvgIpc) is 2.38. The number of hydrogen-bond donors (Lipinski definition) is 1. The van der Waals surface area contributed by atoms with Gasteiger partial charge in [0.1, 0.15) is 0 Å². The molecule has 0 fully saturated rings. The molecular weight excluding hydrogens is 128 g/mol. The molecule has 0 spiro atoms. The van der Waals surface area contributed by atoms with Crippen LogP contribution >= 0.6 is 0 Å². The first kappa shape index (κ1) is 7.18. The van der Waals surface area contributed by atoms with Gasteiger partial charge in [-0.2, -0.15) is 5.21 Å². The first-order valence-corrected chi connectivity index (χ1v) is 3.41. The van der Waals surface area contributed by atoms with E-state index in [9.17, 15) is 0 Å². The zero-order valence-corrected chi connectivity index (χ0v) is 6.55. The minimum absolute atomic E-state index is 0. The smallest absolute Gasteiger partial charge is 0.177 e. The van der Waals surface area contributed by atoms with Crippen molar-refractivity contribution in [3.8, 4) is 0 Å². The fraction of sp³-hybridized carbons (Fsp3) is 0.833. The largest absolute Gasteiger partial charge is 0.180 e. The van der Waals surface area contributed by atoms with E-state index in [0.29, 0.717) is 0 Å². The van der Waals surface area contributed by atoms with Crippen LogP contribution in [0.15, 0.2) is 0 Å². The number of H-pyrrole nitrogens is 1. The molecule has 58 valence electrons. The van der Waals surface area contributed by atoms with E-state index in [1.807, 2.05) is 0 Å². The SMILES string of the molecule is CCC(C)(C)c1nn[nH]n1.[HH]. The Morgan fingerprint density at radius 3 is 2.70 bits per heavy atom.